The van der Waals surface area contributed by atoms with Crippen LogP contribution in [0, 0.1) is 21.4 Å². The smallest absolute Gasteiger partial charge is 0.353 e. The average Bonchev–Trinajstić information content (AvgIpc) is 3.10. The van der Waals surface area contributed by atoms with Crippen LogP contribution in [0.3, 0.4) is 0 Å². The first-order valence-electron chi connectivity index (χ1n) is 7.94. The first kappa shape index (κ1) is 16.9. The number of rotatable bonds is 4. The van der Waals surface area contributed by atoms with Gasteiger partial charge in [0.25, 0.3) is 0 Å². The number of nitro groups is 1. The summed E-state index contributed by atoms with van der Waals surface area (Å²) in [5.74, 6) is 0.145. The van der Waals surface area contributed by atoms with E-state index in [1.54, 1.807) is 6.07 Å². The number of nitrogens with one attached hydrogen (secondary N) is 1. The van der Waals surface area contributed by atoms with E-state index in [-0.39, 0.29) is 23.0 Å². The highest BCUT2D eigenvalue weighted by Crippen LogP contribution is 2.31. The van der Waals surface area contributed by atoms with Crippen molar-refractivity contribution in [3.05, 3.63) is 64.6 Å². The topological polar surface area (TPSA) is 161 Å². The summed E-state index contributed by atoms with van der Waals surface area (Å²) in [7, 11) is 0. The van der Waals surface area contributed by atoms with Crippen molar-refractivity contribution in [2.24, 2.45) is 0 Å². The van der Waals surface area contributed by atoms with Gasteiger partial charge in [-0.2, -0.15) is 15.0 Å². The number of anilines is 3. The average molecular weight is 373 g/mol. The molecule has 3 aromatic heterocycles. The van der Waals surface area contributed by atoms with Gasteiger partial charge in [-0.25, -0.2) is 15.0 Å². The number of nitriles is 1. The SMILES string of the molecule is N#Cc1cnn(-c2ccc3ccccc3n2)c1Nc1ncnc(N)c1[N+](=O)[O-]. The van der Waals surface area contributed by atoms with Crippen molar-refractivity contribution in [2.45, 2.75) is 0 Å². The Morgan fingerprint density at radius 1 is 1.21 bits per heavy atom. The summed E-state index contributed by atoms with van der Waals surface area (Å²) in [6.07, 6.45) is 2.42. The lowest BCUT2D eigenvalue weighted by molar-refractivity contribution is -0.383. The molecule has 0 unspecified atom stereocenters. The van der Waals surface area contributed by atoms with Gasteiger partial charge in [0, 0.05) is 5.39 Å². The molecule has 0 bridgehead atoms. The molecule has 11 heteroatoms. The highest BCUT2D eigenvalue weighted by molar-refractivity contribution is 5.80. The summed E-state index contributed by atoms with van der Waals surface area (Å²) in [6, 6.07) is 13.1. The molecule has 0 aliphatic carbocycles. The van der Waals surface area contributed by atoms with Crippen LogP contribution in [0.2, 0.25) is 0 Å². The van der Waals surface area contributed by atoms with E-state index in [2.05, 4.69) is 25.4 Å². The van der Waals surface area contributed by atoms with E-state index in [9.17, 15) is 15.4 Å². The monoisotopic (exact) mass is 373 g/mol. The highest BCUT2D eigenvalue weighted by atomic mass is 16.6. The summed E-state index contributed by atoms with van der Waals surface area (Å²) < 4.78 is 1.37. The van der Waals surface area contributed by atoms with Gasteiger partial charge in [0.15, 0.2) is 11.6 Å². The van der Waals surface area contributed by atoms with E-state index in [0.29, 0.717) is 5.82 Å². The van der Waals surface area contributed by atoms with Gasteiger partial charge in [-0.15, -0.1) is 0 Å². The summed E-state index contributed by atoms with van der Waals surface area (Å²) in [5, 5.41) is 28.6. The van der Waals surface area contributed by atoms with Crippen LogP contribution in [0.25, 0.3) is 16.7 Å². The quantitative estimate of drug-likeness (QED) is 0.404. The summed E-state index contributed by atoms with van der Waals surface area (Å²) in [4.78, 5) is 22.7. The molecule has 0 aliphatic heterocycles. The Hall–Kier alpha value is -4.59. The van der Waals surface area contributed by atoms with Crippen molar-refractivity contribution in [3.8, 4) is 11.9 Å². The standard InChI is InChI=1S/C17H11N9O2/c18-7-11-8-22-25(13-6-5-10-3-1-2-4-12(10)23-13)17(11)24-16-14(26(27)28)15(19)20-9-21-16/h1-6,8-9H,(H3,19,20,21,24). The summed E-state index contributed by atoms with van der Waals surface area (Å²) in [5.41, 5.74) is 5.99. The summed E-state index contributed by atoms with van der Waals surface area (Å²) in [6.45, 7) is 0. The van der Waals surface area contributed by atoms with E-state index >= 15 is 0 Å². The van der Waals surface area contributed by atoms with Gasteiger partial charge in [0.05, 0.1) is 16.6 Å². The normalized spacial score (nSPS) is 10.5. The van der Waals surface area contributed by atoms with Crippen LogP contribution in [0.5, 0.6) is 0 Å². The lowest BCUT2D eigenvalue weighted by atomic mass is 10.2. The Morgan fingerprint density at radius 2 is 2.04 bits per heavy atom. The zero-order chi connectivity index (χ0) is 19.7. The minimum atomic E-state index is -0.696. The Labute approximate surface area is 157 Å². The second-order valence-electron chi connectivity index (χ2n) is 5.63. The molecule has 0 amide bonds. The molecule has 0 spiro atoms. The fourth-order valence-corrected chi connectivity index (χ4v) is 2.67. The Balaban J connectivity index is 1.85. The lowest BCUT2D eigenvalue weighted by Gasteiger charge is -2.10. The maximum atomic E-state index is 11.3. The van der Waals surface area contributed by atoms with Crippen LogP contribution in [-0.4, -0.2) is 29.7 Å². The number of nitrogen functional groups attached to an aromatic ring is 1. The molecular weight excluding hydrogens is 362 g/mol. The molecule has 3 heterocycles. The number of para-hydroxylation sites is 1. The molecule has 0 saturated heterocycles. The van der Waals surface area contributed by atoms with Gasteiger partial charge >= 0.3 is 5.69 Å². The molecule has 0 atom stereocenters. The number of nitrogens with two attached hydrogens (primary N) is 1. The number of benzene rings is 1. The van der Waals surface area contributed by atoms with Gasteiger partial charge in [-0.3, -0.25) is 10.1 Å². The fraction of sp³-hybridized carbons (Fsp3) is 0. The van der Waals surface area contributed by atoms with Crippen LogP contribution in [-0.2, 0) is 0 Å². The number of hydrogen-bond acceptors (Lipinski definition) is 9. The van der Waals surface area contributed by atoms with E-state index < -0.39 is 10.6 Å². The molecule has 3 N–H and O–H groups in total. The van der Waals surface area contributed by atoms with Gasteiger partial charge in [-0.1, -0.05) is 18.2 Å². The molecule has 1 aromatic carbocycles. The third-order valence-electron chi connectivity index (χ3n) is 3.96. The van der Waals surface area contributed by atoms with Gasteiger partial charge in [0.2, 0.25) is 11.6 Å². The number of fused-ring (bicyclic) bond motifs is 1. The second-order valence-corrected chi connectivity index (χ2v) is 5.63. The molecule has 0 radical (unpaired) electrons. The first-order valence-corrected chi connectivity index (χ1v) is 7.94. The third-order valence-corrected chi connectivity index (χ3v) is 3.96. The Morgan fingerprint density at radius 3 is 2.82 bits per heavy atom. The van der Waals surface area contributed by atoms with Crippen molar-refractivity contribution in [3.63, 3.8) is 0 Å². The number of pyridine rings is 1. The molecule has 11 nitrogen and oxygen atoms in total. The maximum absolute atomic E-state index is 11.3. The predicted octanol–water partition coefficient (Wildman–Crippen LogP) is 2.32. The number of aromatic nitrogens is 5. The van der Waals surface area contributed by atoms with Crippen molar-refractivity contribution in [1.82, 2.24) is 24.7 Å². The van der Waals surface area contributed by atoms with Crippen molar-refractivity contribution >= 4 is 34.0 Å². The second kappa shape index (κ2) is 6.61. The zero-order valence-corrected chi connectivity index (χ0v) is 14.1. The molecule has 0 fully saturated rings. The van der Waals surface area contributed by atoms with Gasteiger partial charge in [-0.05, 0) is 18.2 Å². The molecule has 4 aromatic rings. The van der Waals surface area contributed by atoms with E-state index in [1.807, 2.05) is 36.4 Å². The Bertz CT molecular complexity index is 1260. The van der Waals surface area contributed by atoms with Crippen LogP contribution < -0.4 is 11.1 Å². The zero-order valence-electron chi connectivity index (χ0n) is 14.1. The first-order chi connectivity index (χ1) is 13.6. The van der Waals surface area contributed by atoms with E-state index in [1.165, 1.54) is 10.9 Å². The molecule has 4 rings (SSSR count). The Kier molecular flexibility index (Phi) is 3.98. The largest absolute Gasteiger partial charge is 0.378 e. The minimum absolute atomic E-state index is 0.154. The van der Waals surface area contributed by atoms with Crippen molar-refractivity contribution in [1.29, 1.82) is 5.26 Å². The highest BCUT2D eigenvalue weighted by Gasteiger charge is 2.24. The van der Waals surface area contributed by atoms with E-state index in [4.69, 9.17) is 5.73 Å². The van der Waals surface area contributed by atoms with Crippen LogP contribution in [0.1, 0.15) is 5.56 Å². The minimum Gasteiger partial charge on any atom is -0.378 e. The van der Waals surface area contributed by atoms with Crippen LogP contribution in [0.15, 0.2) is 48.9 Å². The van der Waals surface area contributed by atoms with Crippen molar-refractivity contribution in [2.75, 3.05) is 11.1 Å². The fourth-order valence-electron chi connectivity index (χ4n) is 2.67. The lowest BCUT2D eigenvalue weighted by Crippen LogP contribution is -2.09. The number of nitrogens with zero attached hydrogens (tertiary/aromatic N) is 7. The molecule has 28 heavy (non-hydrogen) atoms. The maximum Gasteiger partial charge on any atom is 0.353 e. The van der Waals surface area contributed by atoms with E-state index in [0.717, 1.165) is 17.2 Å². The third kappa shape index (κ3) is 2.80. The van der Waals surface area contributed by atoms with Crippen LogP contribution >= 0.6 is 0 Å². The molecule has 0 saturated carbocycles. The van der Waals surface area contributed by atoms with Gasteiger partial charge in [0.1, 0.15) is 18.0 Å². The van der Waals surface area contributed by atoms with Gasteiger partial charge < -0.3 is 11.1 Å². The molecule has 136 valence electrons. The molecule has 0 aliphatic rings. The van der Waals surface area contributed by atoms with Crippen LogP contribution in [0.4, 0.5) is 23.1 Å². The molecular formula is C17H11N9O2. The van der Waals surface area contributed by atoms with Crippen molar-refractivity contribution < 1.29 is 4.92 Å². The predicted molar refractivity (Wildman–Crippen MR) is 100.0 cm³/mol. The summed E-state index contributed by atoms with van der Waals surface area (Å²) >= 11 is 0. The number of hydrogen-bond donors (Lipinski definition) is 2.